The number of nitrogens with one attached hydrogen (secondary N) is 1. The van der Waals surface area contributed by atoms with E-state index in [2.05, 4.69) is 10.2 Å². The van der Waals surface area contributed by atoms with E-state index in [-0.39, 0.29) is 10.6 Å². The highest BCUT2D eigenvalue weighted by Crippen LogP contribution is 2.31. The molecule has 1 atom stereocenters. The van der Waals surface area contributed by atoms with Crippen LogP contribution in [0.2, 0.25) is 5.02 Å². The molecule has 21 heavy (non-hydrogen) atoms. The molecule has 3 rings (SSSR count). The SMILES string of the molecule is O=[N+]([O-])c1cccc(Cl)c1CNCC1CCN(C2CC2)C1. The summed E-state index contributed by atoms with van der Waals surface area (Å²) in [5.41, 5.74) is 0.683. The topological polar surface area (TPSA) is 58.4 Å². The van der Waals surface area contributed by atoms with Gasteiger partial charge in [-0.25, -0.2) is 0 Å². The van der Waals surface area contributed by atoms with Crippen molar-refractivity contribution in [2.24, 2.45) is 5.92 Å². The number of hydrogen-bond donors (Lipinski definition) is 1. The average Bonchev–Trinajstić information content (AvgIpc) is 3.20. The third-order valence-corrected chi connectivity index (χ3v) is 4.76. The summed E-state index contributed by atoms with van der Waals surface area (Å²) in [6.45, 7) is 3.70. The summed E-state index contributed by atoms with van der Waals surface area (Å²) in [7, 11) is 0. The molecule has 6 heteroatoms. The molecule has 2 aliphatic rings. The first-order valence-electron chi connectivity index (χ1n) is 7.51. The minimum absolute atomic E-state index is 0.0982. The summed E-state index contributed by atoms with van der Waals surface area (Å²) >= 11 is 6.09. The van der Waals surface area contributed by atoms with E-state index in [0.717, 1.165) is 19.1 Å². The Morgan fingerprint density at radius 3 is 2.90 bits per heavy atom. The van der Waals surface area contributed by atoms with Gasteiger partial charge in [-0.3, -0.25) is 10.1 Å². The van der Waals surface area contributed by atoms with E-state index in [1.165, 1.54) is 31.9 Å². The van der Waals surface area contributed by atoms with Gasteiger partial charge in [-0.15, -0.1) is 0 Å². The second-order valence-electron chi connectivity index (χ2n) is 6.01. The fraction of sp³-hybridized carbons (Fsp3) is 0.600. The van der Waals surface area contributed by atoms with Gasteiger partial charge in [0.15, 0.2) is 0 Å². The van der Waals surface area contributed by atoms with E-state index in [1.807, 2.05) is 0 Å². The van der Waals surface area contributed by atoms with Crippen LogP contribution in [0.25, 0.3) is 0 Å². The smallest absolute Gasteiger partial charge is 0.275 e. The molecule has 1 aromatic rings. The van der Waals surface area contributed by atoms with Gasteiger partial charge in [0.1, 0.15) is 0 Å². The summed E-state index contributed by atoms with van der Waals surface area (Å²) < 4.78 is 0. The number of rotatable bonds is 6. The summed E-state index contributed by atoms with van der Waals surface area (Å²) in [5.74, 6) is 0.646. The molecule has 2 fully saturated rings. The number of hydrogen-bond acceptors (Lipinski definition) is 4. The van der Waals surface area contributed by atoms with Crippen LogP contribution in [0.5, 0.6) is 0 Å². The lowest BCUT2D eigenvalue weighted by atomic mass is 10.1. The largest absolute Gasteiger partial charge is 0.312 e. The Hall–Kier alpha value is -1.17. The van der Waals surface area contributed by atoms with Gasteiger partial charge in [0.05, 0.1) is 15.5 Å². The molecule has 5 nitrogen and oxygen atoms in total. The first-order chi connectivity index (χ1) is 10.1. The standard InChI is InChI=1S/C15H20ClN3O2/c16-14-2-1-3-15(19(20)21)13(14)9-17-8-11-6-7-18(10-11)12-4-5-12/h1-3,11-12,17H,4-10H2. The lowest BCUT2D eigenvalue weighted by molar-refractivity contribution is -0.385. The molecule has 1 heterocycles. The van der Waals surface area contributed by atoms with Crippen LogP contribution >= 0.6 is 11.6 Å². The van der Waals surface area contributed by atoms with Crippen LogP contribution in [0.3, 0.4) is 0 Å². The number of halogens is 1. The van der Waals surface area contributed by atoms with Gasteiger partial charge in [-0.2, -0.15) is 0 Å². The molecular formula is C15H20ClN3O2. The lowest BCUT2D eigenvalue weighted by Gasteiger charge is -2.15. The van der Waals surface area contributed by atoms with E-state index in [1.54, 1.807) is 12.1 Å². The zero-order valence-electron chi connectivity index (χ0n) is 11.9. The number of benzene rings is 1. The van der Waals surface area contributed by atoms with Gasteiger partial charge < -0.3 is 10.2 Å². The maximum absolute atomic E-state index is 11.0. The van der Waals surface area contributed by atoms with Gasteiger partial charge in [0, 0.05) is 25.2 Å². The van der Waals surface area contributed by atoms with Crippen molar-refractivity contribution in [1.82, 2.24) is 10.2 Å². The average molecular weight is 310 g/mol. The van der Waals surface area contributed by atoms with Crippen molar-refractivity contribution >= 4 is 17.3 Å². The molecular weight excluding hydrogens is 290 g/mol. The maximum atomic E-state index is 11.0. The third kappa shape index (κ3) is 3.54. The Kier molecular flexibility index (Phi) is 4.42. The minimum Gasteiger partial charge on any atom is -0.312 e. The molecule has 1 N–H and O–H groups in total. The van der Waals surface area contributed by atoms with Gasteiger partial charge in [0.25, 0.3) is 5.69 Å². The van der Waals surface area contributed by atoms with Gasteiger partial charge >= 0.3 is 0 Å². The number of nitro groups is 1. The quantitative estimate of drug-likeness (QED) is 0.648. The van der Waals surface area contributed by atoms with Crippen LogP contribution in [0.15, 0.2) is 18.2 Å². The summed E-state index contributed by atoms with van der Waals surface area (Å²) in [4.78, 5) is 13.2. The van der Waals surface area contributed by atoms with E-state index in [0.29, 0.717) is 23.0 Å². The predicted octanol–water partition coefficient (Wildman–Crippen LogP) is 2.82. The Bertz CT molecular complexity index is 534. The summed E-state index contributed by atoms with van der Waals surface area (Å²) in [6, 6.07) is 5.66. The molecule has 1 aliphatic heterocycles. The minimum atomic E-state index is -0.368. The summed E-state index contributed by atoms with van der Waals surface area (Å²) in [5, 5.41) is 14.8. The molecule has 1 aliphatic carbocycles. The highest BCUT2D eigenvalue weighted by atomic mass is 35.5. The van der Waals surface area contributed by atoms with Crippen LogP contribution in [0, 0.1) is 16.0 Å². The van der Waals surface area contributed by atoms with Crippen molar-refractivity contribution in [3.8, 4) is 0 Å². The monoisotopic (exact) mass is 309 g/mol. The first-order valence-corrected chi connectivity index (χ1v) is 7.89. The van der Waals surface area contributed by atoms with Crippen molar-refractivity contribution in [3.63, 3.8) is 0 Å². The molecule has 1 aromatic carbocycles. The van der Waals surface area contributed by atoms with E-state index in [4.69, 9.17) is 11.6 Å². The van der Waals surface area contributed by atoms with Gasteiger partial charge in [-0.05, 0) is 44.3 Å². The van der Waals surface area contributed by atoms with Gasteiger partial charge in [-0.1, -0.05) is 17.7 Å². The molecule has 114 valence electrons. The molecule has 0 amide bonds. The second kappa shape index (κ2) is 6.30. The zero-order chi connectivity index (χ0) is 14.8. The highest BCUT2D eigenvalue weighted by Gasteiger charge is 2.34. The van der Waals surface area contributed by atoms with Crippen LogP contribution in [-0.4, -0.2) is 35.5 Å². The van der Waals surface area contributed by atoms with E-state index >= 15 is 0 Å². The fourth-order valence-corrected chi connectivity index (χ4v) is 3.33. The molecule has 0 aromatic heterocycles. The van der Waals surface area contributed by atoms with Gasteiger partial charge in [0.2, 0.25) is 0 Å². The highest BCUT2D eigenvalue weighted by molar-refractivity contribution is 6.31. The van der Waals surface area contributed by atoms with E-state index in [9.17, 15) is 10.1 Å². The molecule has 1 saturated heterocycles. The summed E-state index contributed by atoms with van der Waals surface area (Å²) in [6.07, 6.45) is 3.92. The third-order valence-electron chi connectivity index (χ3n) is 4.41. The Morgan fingerprint density at radius 1 is 1.38 bits per heavy atom. The van der Waals surface area contributed by atoms with Crippen molar-refractivity contribution in [2.75, 3.05) is 19.6 Å². The fourth-order valence-electron chi connectivity index (χ4n) is 3.10. The van der Waals surface area contributed by atoms with Crippen LogP contribution < -0.4 is 5.32 Å². The van der Waals surface area contributed by atoms with Crippen LogP contribution in [-0.2, 0) is 6.54 Å². The molecule has 0 bridgehead atoms. The van der Waals surface area contributed by atoms with Crippen molar-refractivity contribution in [2.45, 2.75) is 31.8 Å². The number of likely N-dealkylation sites (tertiary alicyclic amines) is 1. The number of nitro benzene ring substituents is 1. The molecule has 0 radical (unpaired) electrons. The Morgan fingerprint density at radius 2 is 2.19 bits per heavy atom. The van der Waals surface area contributed by atoms with Crippen molar-refractivity contribution in [3.05, 3.63) is 38.9 Å². The van der Waals surface area contributed by atoms with Crippen molar-refractivity contribution < 1.29 is 4.92 Å². The second-order valence-corrected chi connectivity index (χ2v) is 6.41. The van der Waals surface area contributed by atoms with E-state index < -0.39 is 0 Å². The van der Waals surface area contributed by atoms with Crippen molar-refractivity contribution in [1.29, 1.82) is 0 Å². The Labute approximate surface area is 129 Å². The van der Waals surface area contributed by atoms with Crippen LogP contribution in [0.1, 0.15) is 24.8 Å². The number of nitrogens with zero attached hydrogens (tertiary/aromatic N) is 2. The maximum Gasteiger partial charge on any atom is 0.275 e. The van der Waals surface area contributed by atoms with Crippen LogP contribution in [0.4, 0.5) is 5.69 Å². The predicted molar refractivity (Wildman–Crippen MR) is 82.5 cm³/mol. The molecule has 0 spiro atoms. The first kappa shape index (κ1) is 14.8. The molecule has 1 unspecified atom stereocenters. The Balaban J connectivity index is 1.52. The molecule has 1 saturated carbocycles. The zero-order valence-corrected chi connectivity index (χ0v) is 12.7. The normalized spacial score (nSPS) is 22.6. The lowest BCUT2D eigenvalue weighted by Crippen LogP contribution is -2.27.